The average molecular weight is 378 g/mol. The zero-order valence-electron chi connectivity index (χ0n) is 14.8. The summed E-state index contributed by atoms with van der Waals surface area (Å²) in [6.07, 6.45) is 3.86. The van der Waals surface area contributed by atoms with E-state index < -0.39 is 0 Å². The number of carbonyl (C=O) groups is 3. The lowest BCUT2D eigenvalue weighted by molar-refractivity contribution is -0.121. The number of ketones is 2. The number of hydrogen-bond donors (Lipinski definition) is 1. The summed E-state index contributed by atoms with van der Waals surface area (Å²) in [5.41, 5.74) is 1.51. The van der Waals surface area contributed by atoms with Crippen LogP contribution < -0.4 is 5.32 Å². The molecule has 6 heteroatoms. The van der Waals surface area contributed by atoms with Crippen LogP contribution in [0.15, 0.2) is 82.0 Å². The largest absolute Gasteiger partial charge is 0.323 e. The number of allylic oxidation sites excluding steroid dienone is 3. The van der Waals surface area contributed by atoms with Gasteiger partial charge in [0.15, 0.2) is 5.78 Å². The predicted octanol–water partition coefficient (Wildman–Crippen LogP) is 3.23. The SMILES string of the molecule is CC(=O)NC1=CC(=O)C(Sc2ccccn2)=C(CCc2ccccc2)C1=O. The molecule has 136 valence electrons. The zero-order chi connectivity index (χ0) is 19.2. The zero-order valence-corrected chi connectivity index (χ0v) is 15.6. The van der Waals surface area contributed by atoms with Crippen molar-refractivity contribution >= 4 is 29.2 Å². The molecule has 2 aromatic rings. The number of nitrogens with one attached hydrogen (secondary N) is 1. The van der Waals surface area contributed by atoms with Gasteiger partial charge in [-0.05, 0) is 30.5 Å². The molecule has 5 nitrogen and oxygen atoms in total. The number of aromatic nitrogens is 1. The van der Waals surface area contributed by atoms with Crippen LogP contribution in [0, 0.1) is 0 Å². The van der Waals surface area contributed by atoms with E-state index in [9.17, 15) is 14.4 Å². The summed E-state index contributed by atoms with van der Waals surface area (Å²) >= 11 is 1.18. The number of nitrogens with zero attached hydrogens (tertiary/aromatic N) is 1. The van der Waals surface area contributed by atoms with Crippen molar-refractivity contribution in [3.8, 4) is 0 Å². The molecule has 1 aromatic carbocycles. The Labute approximate surface area is 161 Å². The number of benzene rings is 1. The van der Waals surface area contributed by atoms with Gasteiger partial charge in [0.05, 0.1) is 10.6 Å². The van der Waals surface area contributed by atoms with E-state index in [2.05, 4.69) is 10.3 Å². The summed E-state index contributed by atoms with van der Waals surface area (Å²) in [4.78, 5) is 41.5. The maximum atomic E-state index is 12.9. The number of pyridine rings is 1. The lowest BCUT2D eigenvalue weighted by atomic mass is 9.94. The summed E-state index contributed by atoms with van der Waals surface area (Å²) < 4.78 is 0. The maximum absolute atomic E-state index is 12.9. The molecule has 0 aliphatic heterocycles. The van der Waals surface area contributed by atoms with Gasteiger partial charge in [0, 0.05) is 24.8 Å². The quantitative estimate of drug-likeness (QED) is 0.781. The van der Waals surface area contributed by atoms with E-state index in [0.717, 1.165) is 5.56 Å². The molecule has 3 rings (SSSR count). The molecule has 0 spiro atoms. The molecule has 1 aromatic heterocycles. The van der Waals surface area contributed by atoms with Crippen LogP contribution in [0.25, 0.3) is 0 Å². The summed E-state index contributed by atoms with van der Waals surface area (Å²) in [5.74, 6) is -0.998. The van der Waals surface area contributed by atoms with Crippen molar-refractivity contribution in [2.24, 2.45) is 0 Å². The van der Waals surface area contributed by atoms with Gasteiger partial charge >= 0.3 is 0 Å². The van der Waals surface area contributed by atoms with Crippen molar-refractivity contribution < 1.29 is 14.4 Å². The number of thioether (sulfide) groups is 1. The van der Waals surface area contributed by atoms with Crippen LogP contribution in [0.2, 0.25) is 0 Å². The van der Waals surface area contributed by atoms with Crippen molar-refractivity contribution in [2.75, 3.05) is 0 Å². The van der Waals surface area contributed by atoms with Gasteiger partial charge in [-0.3, -0.25) is 14.4 Å². The molecule has 0 unspecified atom stereocenters. The fraction of sp³-hybridized carbons (Fsp3) is 0.143. The van der Waals surface area contributed by atoms with Crippen molar-refractivity contribution in [1.29, 1.82) is 0 Å². The van der Waals surface area contributed by atoms with Crippen LogP contribution in [-0.2, 0) is 20.8 Å². The topological polar surface area (TPSA) is 76.1 Å². The van der Waals surface area contributed by atoms with Gasteiger partial charge in [0.1, 0.15) is 5.03 Å². The highest BCUT2D eigenvalue weighted by Crippen LogP contribution is 2.34. The molecule has 0 saturated carbocycles. The van der Waals surface area contributed by atoms with E-state index in [-0.39, 0.29) is 23.2 Å². The Morgan fingerprint density at radius 3 is 2.44 bits per heavy atom. The second kappa shape index (κ2) is 8.60. The van der Waals surface area contributed by atoms with Gasteiger partial charge in [0.25, 0.3) is 0 Å². The number of hydrogen-bond acceptors (Lipinski definition) is 5. The number of amides is 1. The van der Waals surface area contributed by atoms with Crippen LogP contribution >= 0.6 is 11.8 Å². The number of Topliss-reactive ketones (excluding diaryl/α,β-unsaturated/α-hetero) is 1. The summed E-state index contributed by atoms with van der Waals surface area (Å²) in [6, 6.07) is 15.2. The van der Waals surface area contributed by atoms with Crippen molar-refractivity contribution in [1.82, 2.24) is 10.3 Å². The Kier molecular flexibility index (Phi) is 5.98. The number of carbonyl (C=O) groups excluding carboxylic acids is 3. The fourth-order valence-electron chi connectivity index (χ4n) is 2.72. The summed E-state index contributed by atoms with van der Waals surface area (Å²) in [5, 5.41) is 3.11. The van der Waals surface area contributed by atoms with Gasteiger partial charge in [-0.15, -0.1) is 0 Å². The van der Waals surface area contributed by atoms with E-state index in [4.69, 9.17) is 0 Å². The molecule has 0 atom stereocenters. The van der Waals surface area contributed by atoms with Crippen LogP contribution in [0.3, 0.4) is 0 Å². The number of rotatable bonds is 6. The third kappa shape index (κ3) is 4.80. The van der Waals surface area contributed by atoms with Gasteiger partial charge in [-0.2, -0.15) is 0 Å². The van der Waals surface area contributed by atoms with E-state index in [0.29, 0.717) is 28.3 Å². The smallest absolute Gasteiger partial charge is 0.221 e. The monoisotopic (exact) mass is 378 g/mol. The minimum absolute atomic E-state index is 0.0286. The Balaban J connectivity index is 1.92. The maximum Gasteiger partial charge on any atom is 0.221 e. The molecule has 1 aliphatic carbocycles. The highest BCUT2D eigenvalue weighted by Gasteiger charge is 2.29. The Morgan fingerprint density at radius 1 is 1.04 bits per heavy atom. The molecule has 0 radical (unpaired) electrons. The van der Waals surface area contributed by atoms with E-state index in [1.165, 1.54) is 24.8 Å². The molecule has 0 bridgehead atoms. The highest BCUT2D eigenvalue weighted by molar-refractivity contribution is 8.04. The second-order valence-electron chi connectivity index (χ2n) is 6.00. The molecule has 27 heavy (non-hydrogen) atoms. The van der Waals surface area contributed by atoms with Crippen molar-refractivity contribution in [2.45, 2.75) is 24.8 Å². The summed E-state index contributed by atoms with van der Waals surface area (Å²) in [6.45, 7) is 1.31. The van der Waals surface area contributed by atoms with Gasteiger partial charge in [0.2, 0.25) is 11.7 Å². The third-order valence-electron chi connectivity index (χ3n) is 3.95. The lowest BCUT2D eigenvalue weighted by Gasteiger charge is -2.19. The van der Waals surface area contributed by atoms with E-state index in [1.54, 1.807) is 18.3 Å². The molecule has 1 heterocycles. The minimum Gasteiger partial charge on any atom is -0.323 e. The van der Waals surface area contributed by atoms with Crippen molar-refractivity contribution in [3.05, 3.63) is 82.5 Å². The molecule has 0 fully saturated rings. The first-order valence-corrected chi connectivity index (χ1v) is 9.30. The normalized spacial score (nSPS) is 14.2. The van der Waals surface area contributed by atoms with E-state index >= 15 is 0 Å². The van der Waals surface area contributed by atoms with Crippen LogP contribution in [0.4, 0.5) is 0 Å². The highest BCUT2D eigenvalue weighted by atomic mass is 32.2. The minimum atomic E-state index is -0.384. The third-order valence-corrected chi connectivity index (χ3v) is 5.06. The fourth-order valence-corrected chi connectivity index (χ4v) is 3.67. The number of aryl methyl sites for hydroxylation is 1. The predicted molar refractivity (Wildman–Crippen MR) is 104 cm³/mol. The Morgan fingerprint density at radius 2 is 1.78 bits per heavy atom. The molecule has 1 aliphatic rings. The molecule has 1 N–H and O–H groups in total. The van der Waals surface area contributed by atoms with Gasteiger partial charge in [-0.25, -0.2) is 4.98 Å². The average Bonchev–Trinajstić information content (AvgIpc) is 2.66. The first kappa shape index (κ1) is 18.8. The molecular formula is C21H18N2O3S. The van der Waals surface area contributed by atoms with Gasteiger partial charge in [-0.1, -0.05) is 48.2 Å². The van der Waals surface area contributed by atoms with Crippen LogP contribution in [0.5, 0.6) is 0 Å². The first-order valence-electron chi connectivity index (χ1n) is 8.49. The standard InChI is InChI=1S/C21H18N2O3S/c1-14(24)23-17-13-18(25)21(27-19-9-5-6-12-22-19)16(20(17)26)11-10-15-7-3-2-4-8-15/h2-9,12-13H,10-11H2,1H3,(H,23,24). The molecule has 1 amide bonds. The van der Waals surface area contributed by atoms with E-state index in [1.807, 2.05) is 36.4 Å². The second-order valence-corrected chi connectivity index (χ2v) is 7.03. The first-order chi connectivity index (χ1) is 13.0. The lowest BCUT2D eigenvalue weighted by Crippen LogP contribution is -2.30. The molecular weight excluding hydrogens is 360 g/mol. The Bertz CT molecular complexity index is 934. The van der Waals surface area contributed by atoms with Crippen molar-refractivity contribution in [3.63, 3.8) is 0 Å². The van der Waals surface area contributed by atoms with Crippen LogP contribution in [0.1, 0.15) is 18.9 Å². The Hall–Kier alpha value is -2.99. The summed E-state index contributed by atoms with van der Waals surface area (Å²) in [7, 11) is 0. The van der Waals surface area contributed by atoms with Gasteiger partial charge < -0.3 is 5.32 Å². The molecule has 0 saturated heterocycles. The van der Waals surface area contributed by atoms with Crippen LogP contribution in [-0.4, -0.2) is 22.5 Å².